The molecule has 4 rings (SSSR count). The minimum absolute atomic E-state index is 0.0256. The molecular formula is C22H17BF3N5O4. The number of carbonyl (C=O) groups is 1. The summed E-state index contributed by atoms with van der Waals surface area (Å²) in [6.07, 6.45) is -2.18. The van der Waals surface area contributed by atoms with Gasteiger partial charge in [0.25, 0.3) is 11.7 Å². The van der Waals surface area contributed by atoms with Crippen molar-refractivity contribution in [1.29, 1.82) is 5.26 Å². The van der Waals surface area contributed by atoms with Crippen LogP contribution < -0.4 is 5.32 Å². The van der Waals surface area contributed by atoms with Crippen LogP contribution >= 0.6 is 0 Å². The molecule has 0 bridgehead atoms. The number of rotatable bonds is 6. The van der Waals surface area contributed by atoms with E-state index in [4.69, 9.17) is 13.1 Å². The third-order valence-electron chi connectivity index (χ3n) is 5.90. The minimum atomic E-state index is -4.43. The molecule has 2 heterocycles. The summed E-state index contributed by atoms with van der Waals surface area (Å²) >= 11 is 0. The number of nitriles is 1. The number of benzene rings is 1. The van der Waals surface area contributed by atoms with E-state index in [2.05, 4.69) is 15.4 Å². The summed E-state index contributed by atoms with van der Waals surface area (Å²) in [6.45, 7) is 0. The van der Waals surface area contributed by atoms with Crippen LogP contribution in [0.2, 0.25) is 0 Å². The van der Waals surface area contributed by atoms with E-state index in [0.717, 1.165) is 28.9 Å². The number of hydrogen-bond donors (Lipinski definition) is 4. The molecule has 35 heavy (non-hydrogen) atoms. The van der Waals surface area contributed by atoms with Gasteiger partial charge in [-0.15, -0.1) is 0 Å². The predicted octanol–water partition coefficient (Wildman–Crippen LogP) is 1.34. The first-order valence-electron chi connectivity index (χ1n) is 10.2. The fraction of sp³-hybridized carbons (Fsp3) is 0.273. The molecule has 0 spiro atoms. The summed E-state index contributed by atoms with van der Waals surface area (Å²) in [6, 6.07) is 10.0. The molecule has 1 amide bonds. The topological polar surface area (TPSA) is 144 Å². The molecule has 1 unspecified atom stereocenters. The number of hydrogen-bond acceptors (Lipinski definition) is 7. The fourth-order valence-electron chi connectivity index (χ4n) is 3.59. The van der Waals surface area contributed by atoms with E-state index in [9.17, 15) is 33.3 Å². The van der Waals surface area contributed by atoms with Crippen molar-refractivity contribution in [1.82, 2.24) is 14.8 Å². The Balaban J connectivity index is 1.49. The lowest BCUT2D eigenvalue weighted by Gasteiger charge is -2.24. The normalized spacial score (nSPS) is 16.7. The third kappa shape index (κ3) is 4.27. The number of aliphatic hydroxyl groups is 3. The van der Waals surface area contributed by atoms with Gasteiger partial charge in [-0.25, -0.2) is 4.68 Å². The summed E-state index contributed by atoms with van der Waals surface area (Å²) < 4.78 is 40.7. The lowest BCUT2D eigenvalue weighted by atomic mass is 9.87. The van der Waals surface area contributed by atoms with Gasteiger partial charge >= 0.3 is 6.18 Å². The maximum absolute atomic E-state index is 13.3. The molecule has 178 valence electrons. The summed E-state index contributed by atoms with van der Waals surface area (Å²) in [5.41, 5.74) is -4.42. The van der Waals surface area contributed by atoms with E-state index in [0.29, 0.717) is 0 Å². The van der Waals surface area contributed by atoms with Gasteiger partial charge in [0.1, 0.15) is 6.07 Å². The average Bonchev–Trinajstić information content (AvgIpc) is 3.52. The lowest BCUT2D eigenvalue weighted by Crippen LogP contribution is -2.40. The van der Waals surface area contributed by atoms with Gasteiger partial charge < -0.3 is 20.6 Å². The largest absolute Gasteiger partial charge is 0.398 e. The first kappa shape index (κ1) is 24.4. The van der Waals surface area contributed by atoms with Crippen LogP contribution in [0, 0.1) is 11.3 Å². The molecule has 9 nitrogen and oxygen atoms in total. The first-order valence-corrected chi connectivity index (χ1v) is 10.2. The quantitative estimate of drug-likeness (QED) is 0.306. The molecule has 1 saturated carbocycles. The number of alkyl halides is 3. The molecule has 4 N–H and O–H groups in total. The van der Waals surface area contributed by atoms with Crippen molar-refractivity contribution >= 4 is 19.6 Å². The van der Waals surface area contributed by atoms with Crippen molar-refractivity contribution in [2.24, 2.45) is 0 Å². The van der Waals surface area contributed by atoms with Crippen LogP contribution in [0.3, 0.4) is 0 Å². The third-order valence-corrected chi connectivity index (χ3v) is 5.90. The van der Waals surface area contributed by atoms with Crippen LogP contribution in [0.4, 0.5) is 19.0 Å². The number of amides is 1. The van der Waals surface area contributed by atoms with Gasteiger partial charge in [0.2, 0.25) is 0 Å². The Morgan fingerprint density at radius 3 is 2.29 bits per heavy atom. The predicted molar refractivity (Wildman–Crippen MR) is 114 cm³/mol. The van der Waals surface area contributed by atoms with Gasteiger partial charge in [-0.3, -0.25) is 9.78 Å². The van der Waals surface area contributed by atoms with Crippen molar-refractivity contribution in [3.05, 3.63) is 77.2 Å². The standard InChI is InChI=1S/C22H17BF3N5O4/c23-21(35,16-6-1-13(11-27)12-28-16)31-10-7-17(30-31)29-18(32)20(33,34)15-4-2-14(3-5-15)19(8-9-19)22(24,25)26/h1-7,10,12,33-35H,8-9H2,(H,29,30,32). The first-order chi connectivity index (χ1) is 16.3. The summed E-state index contributed by atoms with van der Waals surface area (Å²) in [7, 11) is 5.88. The van der Waals surface area contributed by atoms with Crippen molar-refractivity contribution < 1.29 is 33.3 Å². The maximum atomic E-state index is 13.3. The highest BCUT2D eigenvalue weighted by molar-refractivity contribution is 6.14. The van der Waals surface area contributed by atoms with Gasteiger partial charge in [0, 0.05) is 24.0 Å². The number of aromatic nitrogens is 3. The highest BCUT2D eigenvalue weighted by atomic mass is 19.4. The molecule has 0 aliphatic heterocycles. The zero-order valence-electron chi connectivity index (χ0n) is 17.9. The second-order valence-corrected chi connectivity index (χ2v) is 8.20. The molecule has 1 fully saturated rings. The second kappa shape index (κ2) is 8.19. The molecule has 13 heteroatoms. The van der Waals surface area contributed by atoms with Crippen LogP contribution in [0.1, 0.15) is 35.2 Å². The van der Waals surface area contributed by atoms with Crippen LogP contribution in [-0.2, 0) is 21.6 Å². The number of anilines is 1. The van der Waals surface area contributed by atoms with E-state index in [1.807, 2.05) is 6.07 Å². The van der Waals surface area contributed by atoms with Crippen molar-refractivity contribution in [2.45, 2.75) is 35.8 Å². The van der Waals surface area contributed by atoms with Crippen LogP contribution in [0.25, 0.3) is 0 Å². The van der Waals surface area contributed by atoms with Crippen LogP contribution in [0.5, 0.6) is 0 Å². The van der Waals surface area contributed by atoms with Gasteiger partial charge in [0.05, 0.1) is 16.7 Å². The van der Waals surface area contributed by atoms with Crippen molar-refractivity contribution in [3.63, 3.8) is 0 Å². The molecule has 2 aromatic heterocycles. The number of nitrogens with zero attached hydrogens (tertiary/aromatic N) is 4. The van der Waals surface area contributed by atoms with Gasteiger partial charge in [-0.2, -0.15) is 23.5 Å². The molecule has 1 atom stereocenters. The van der Waals surface area contributed by atoms with E-state index in [1.165, 1.54) is 30.6 Å². The van der Waals surface area contributed by atoms with E-state index >= 15 is 0 Å². The lowest BCUT2D eigenvalue weighted by molar-refractivity contribution is -0.184. The highest BCUT2D eigenvalue weighted by Gasteiger charge is 2.64. The van der Waals surface area contributed by atoms with E-state index < -0.39 is 28.9 Å². The molecule has 1 aliphatic carbocycles. The minimum Gasteiger partial charge on any atom is -0.373 e. The highest BCUT2D eigenvalue weighted by Crippen LogP contribution is 2.58. The van der Waals surface area contributed by atoms with E-state index in [1.54, 1.807) is 0 Å². The summed E-state index contributed by atoms with van der Waals surface area (Å²) in [5.74, 6) is -4.65. The Kier molecular flexibility index (Phi) is 5.71. The second-order valence-electron chi connectivity index (χ2n) is 8.20. The SMILES string of the molecule is [B]C(O)(c1ccc(C#N)cn1)n1ccc(NC(=O)C(O)(O)c2ccc(C3(C(F)(F)F)CC3)cc2)n1. The average molecular weight is 483 g/mol. The molecule has 2 radical (unpaired) electrons. The zero-order valence-corrected chi connectivity index (χ0v) is 17.9. The summed E-state index contributed by atoms with van der Waals surface area (Å²) in [5, 5.41) is 46.2. The Hall–Kier alpha value is -3.73. The van der Waals surface area contributed by atoms with Gasteiger partial charge in [0.15, 0.2) is 19.3 Å². The van der Waals surface area contributed by atoms with Gasteiger partial charge in [-0.1, -0.05) is 24.3 Å². The Morgan fingerprint density at radius 1 is 1.11 bits per heavy atom. The molecule has 1 aromatic carbocycles. The monoisotopic (exact) mass is 483 g/mol. The smallest absolute Gasteiger partial charge is 0.373 e. The van der Waals surface area contributed by atoms with Gasteiger partial charge in [-0.05, 0) is 30.5 Å². The maximum Gasteiger partial charge on any atom is 0.398 e. The van der Waals surface area contributed by atoms with E-state index in [-0.39, 0.29) is 41.0 Å². The van der Waals surface area contributed by atoms with Crippen molar-refractivity contribution in [2.75, 3.05) is 5.32 Å². The number of carbonyl (C=O) groups excluding carboxylic acids is 1. The Bertz CT molecular complexity index is 1290. The van der Waals surface area contributed by atoms with Crippen LogP contribution in [-0.4, -0.2) is 50.0 Å². The Morgan fingerprint density at radius 2 is 1.77 bits per heavy atom. The molecular weight excluding hydrogens is 466 g/mol. The molecule has 1 aliphatic rings. The van der Waals surface area contributed by atoms with Crippen molar-refractivity contribution in [3.8, 4) is 6.07 Å². The Labute approximate surface area is 197 Å². The zero-order chi connectivity index (χ0) is 25.6. The summed E-state index contributed by atoms with van der Waals surface area (Å²) in [4.78, 5) is 16.4. The molecule has 3 aromatic rings. The number of halogens is 3. The fourth-order valence-corrected chi connectivity index (χ4v) is 3.59. The number of nitrogens with one attached hydrogen (secondary N) is 1. The number of pyridine rings is 1. The van der Waals surface area contributed by atoms with Crippen LogP contribution in [0.15, 0.2) is 54.9 Å². The molecule has 0 saturated heterocycles.